The van der Waals surface area contributed by atoms with Gasteiger partial charge in [0, 0.05) is 25.0 Å². The molecule has 0 unspecified atom stereocenters. The Bertz CT molecular complexity index is 599. The van der Waals surface area contributed by atoms with Gasteiger partial charge >= 0.3 is 0 Å². The largest absolute Gasteiger partial charge is 0.306 e. The molecule has 0 spiro atoms. The van der Waals surface area contributed by atoms with Crippen LogP contribution < -0.4 is 0 Å². The molecule has 21 heavy (non-hydrogen) atoms. The first-order valence-corrected chi connectivity index (χ1v) is 8.84. The third-order valence-corrected chi connectivity index (χ3v) is 6.14. The van der Waals surface area contributed by atoms with Gasteiger partial charge in [-0.05, 0) is 44.6 Å². The van der Waals surface area contributed by atoms with Crippen molar-refractivity contribution in [3.63, 3.8) is 0 Å². The van der Waals surface area contributed by atoms with Crippen LogP contribution in [0.2, 0.25) is 0 Å². The van der Waals surface area contributed by atoms with E-state index in [9.17, 15) is 12.8 Å². The van der Waals surface area contributed by atoms with Crippen LogP contribution in [0.15, 0.2) is 23.1 Å². The summed E-state index contributed by atoms with van der Waals surface area (Å²) in [5.74, 6) is -0.565. The average Bonchev–Trinajstić information content (AvgIpc) is 2.47. The molecule has 1 fully saturated rings. The summed E-state index contributed by atoms with van der Waals surface area (Å²) in [5.41, 5.74) is 0.597. The van der Waals surface area contributed by atoms with E-state index in [-0.39, 0.29) is 10.8 Å². The second-order valence-corrected chi connectivity index (χ2v) is 7.67. The SMILES string of the molecule is CN(C)C1CCN(S(=O)(=O)c2cc(CCl)ccc2F)CC1. The Labute approximate surface area is 130 Å². The van der Waals surface area contributed by atoms with Crippen LogP contribution in [0.3, 0.4) is 0 Å². The molecule has 0 saturated carbocycles. The molecule has 7 heteroatoms. The van der Waals surface area contributed by atoms with Crippen molar-refractivity contribution in [1.82, 2.24) is 9.21 Å². The van der Waals surface area contributed by atoms with Crippen LogP contribution in [0, 0.1) is 5.82 Å². The normalized spacial score (nSPS) is 18.3. The zero-order valence-corrected chi connectivity index (χ0v) is 13.8. The van der Waals surface area contributed by atoms with Gasteiger partial charge in [0.15, 0.2) is 0 Å². The minimum atomic E-state index is -3.79. The van der Waals surface area contributed by atoms with Crippen LogP contribution in [0.1, 0.15) is 18.4 Å². The summed E-state index contributed by atoms with van der Waals surface area (Å²) in [6.07, 6.45) is 1.51. The molecule has 118 valence electrons. The minimum absolute atomic E-state index is 0.158. The number of alkyl halides is 1. The number of sulfonamides is 1. The molecule has 0 amide bonds. The highest BCUT2D eigenvalue weighted by molar-refractivity contribution is 7.89. The number of piperidine rings is 1. The van der Waals surface area contributed by atoms with Gasteiger partial charge in [-0.15, -0.1) is 11.6 Å². The van der Waals surface area contributed by atoms with Gasteiger partial charge in [0.2, 0.25) is 10.0 Å². The number of rotatable bonds is 4. The van der Waals surface area contributed by atoms with Gasteiger partial charge < -0.3 is 4.90 Å². The predicted octanol–water partition coefficient (Wildman–Crippen LogP) is 2.28. The molecule has 2 rings (SSSR count). The van der Waals surface area contributed by atoms with E-state index in [1.165, 1.54) is 16.4 Å². The van der Waals surface area contributed by atoms with Gasteiger partial charge in [0.1, 0.15) is 10.7 Å². The molecule has 0 aliphatic carbocycles. The lowest BCUT2D eigenvalue weighted by Gasteiger charge is -2.34. The Morgan fingerprint density at radius 1 is 1.33 bits per heavy atom. The van der Waals surface area contributed by atoms with Crippen LogP contribution in [0.4, 0.5) is 4.39 Å². The molecule has 0 atom stereocenters. The van der Waals surface area contributed by atoms with Crippen LogP contribution in [0.5, 0.6) is 0 Å². The summed E-state index contributed by atoms with van der Waals surface area (Å²) >= 11 is 5.70. The summed E-state index contributed by atoms with van der Waals surface area (Å²) in [6, 6.07) is 4.36. The molecule has 0 N–H and O–H groups in total. The Kier molecular flexibility index (Phi) is 5.24. The molecular weight excluding hydrogens is 315 g/mol. The molecule has 0 bridgehead atoms. The molecule has 4 nitrogen and oxygen atoms in total. The fraction of sp³-hybridized carbons (Fsp3) is 0.571. The number of hydrogen-bond donors (Lipinski definition) is 0. The summed E-state index contributed by atoms with van der Waals surface area (Å²) < 4.78 is 40.4. The molecule has 1 aromatic rings. The van der Waals surface area contributed by atoms with E-state index < -0.39 is 15.8 Å². The number of benzene rings is 1. The van der Waals surface area contributed by atoms with Crippen molar-refractivity contribution in [3.8, 4) is 0 Å². The Hall–Kier alpha value is -0.690. The Balaban J connectivity index is 2.23. The summed E-state index contributed by atoms with van der Waals surface area (Å²) in [4.78, 5) is 1.82. The number of hydrogen-bond acceptors (Lipinski definition) is 3. The highest BCUT2D eigenvalue weighted by Gasteiger charge is 2.31. The maximum atomic E-state index is 13.9. The fourth-order valence-corrected chi connectivity index (χ4v) is 4.32. The molecule has 1 aliphatic rings. The molecule has 0 radical (unpaired) electrons. The molecule has 1 heterocycles. The van der Waals surface area contributed by atoms with Gasteiger partial charge in [-0.25, -0.2) is 12.8 Å². The van der Waals surface area contributed by atoms with E-state index in [1.54, 1.807) is 0 Å². The number of nitrogens with zero attached hydrogens (tertiary/aromatic N) is 2. The molecule has 1 aromatic carbocycles. The van der Waals surface area contributed by atoms with E-state index in [0.717, 1.165) is 18.9 Å². The van der Waals surface area contributed by atoms with Gasteiger partial charge in [0.25, 0.3) is 0 Å². The predicted molar refractivity (Wildman–Crippen MR) is 81.4 cm³/mol. The fourth-order valence-electron chi connectivity index (χ4n) is 2.57. The lowest BCUT2D eigenvalue weighted by molar-refractivity contribution is 0.196. The van der Waals surface area contributed by atoms with Crippen molar-refractivity contribution in [2.75, 3.05) is 27.2 Å². The second-order valence-electron chi connectivity index (χ2n) is 5.50. The smallest absolute Gasteiger partial charge is 0.245 e. The van der Waals surface area contributed by atoms with Crippen LogP contribution in [0.25, 0.3) is 0 Å². The van der Waals surface area contributed by atoms with Gasteiger partial charge in [0.05, 0.1) is 0 Å². The summed E-state index contributed by atoms with van der Waals surface area (Å²) in [5, 5.41) is 0. The molecular formula is C14H20ClFN2O2S. The van der Waals surface area contributed by atoms with E-state index in [0.29, 0.717) is 24.7 Å². The highest BCUT2D eigenvalue weighted by atomic mass is 35.5. The molecule has 0 aromatic heterocycles. The van der Waals surface area contributed by atoms with E-state index in [1.807, 2.05) is 14.1 Å². The first-order chi connectivity index (χ1) is 9.86. The zero-order valence-electron chi connectivity index (χ0n) is 12.2. The van der Waals surface area contributed by atoms with E-state index in [4.69, 9.17) is 11.6 Å². The maximum Gasteiger partial charge on any atom is 0.245 e. The first-order valence-electron chi connectivity index (χ1n) is 6.87. The van der Waals surface area contributed by atoms with Crippen LogP contribution >= 0.6 is 11.6 Å². The quantitative estimate of drug-likeness (QED) is 0.793. The standard InChI is InChI=1S/C14H20ClFN2O2S/c1-17(2)12-5-7-18(8-6-12)21(19,20)14-9-11(10-15)3-4-13(14)16/h3-4,9,12H,5-8,10H2,1-2H3. The van der Waals surface area contributed by atoms with E-state index >= 15 is 0 Å². The van der Waals surface area contributed by atoms with Crippen molar-refractivity contribution in [2.24, 2.45) is 0 Å². The Morgan fingerprint density at radius 2 is 1.95 bits per heavy atom. The number of halogens is 2. The van der Waals surface area contributed by atoms with Gasteiger partial charge in [-0.3, -0.25) is 0 Å². The van der Waals surface area contributed by atoms with E-state index in [2.05, 4.69) is 4.90 Å². The molecule has 1 saturated heterocycles. The third-order valence-electron chi connectivity index (χ3n) is 3.92. The first kappa shape index (κ1) is 16.7. The average molecular weight is 335 g/mol. The molecule has 1 aliphatic heterocycles. The van der Waals surface area contributed by atoms with Crippen molar-refractivity contribution >= 4 is 21.6 Å². The van der Waals surface area contributed by atoms with Crippen LogP contribution in [-0.4, -0.2) is 50.8 Å². The zero-order chi connectivity index (χ0) is 15.6. The monoisotopic (exact) mass is 334 g/mol. The van der Waals surface area contributed by atoms with Crippen molar-refractivity contribution in [2.45, 2.75) is 29.7 Å². The van der Waals surface area contributed by atoms with Crippen LogP contribution in [-0.2, 0) is 15.9 Å². The summed E-state index contributed by atoms with van der Waals surface area (Å²) in [6.45, 7) is 0.825. The Morgan fingerprint density at radius 3 is 2.48 bits per heavy atom. The topological polar surface area (TPSA) is 40.6 Å². The lowest BCUT2D eigenvalue weighted by atomic mass is 10.1. The third kappa shape index (κ3) is 3.56. The second kappa shape index (κ2) is 6.60. The van der Waals surface area contributed by atoms with Crippen molar-refractivity contribution in [1.29, 1.82) is 0 Å². The summed E-state index contributed by atoms with van der Waals surface area (Å²) in [7, 11) is 0.176. The lowest BCUT2D eigenvalue weighted by Crippen LogP contribution is -2.44. The highest BCUT2D eigenvalue weighted by Crippen LogP contribution is 2.25. The minimum Gasteiger partial charge on any atom is -0.306 e. The maximum absolute atomic E-state index is 13.9. The van der Waals surface area contributed by atoms with Gasteiger partial charge in [-0.1, -0.05) is 6.07 Å². The van der Waals surface area contributed by atoms with Crippen molar-refractivity contribution < 1.29 is 12.8 Å². The van der Waals surface area contributed by atoms with Gasteiger partial charge in [-0.2, -0.15) is 4.31 Å². The van der Waals surface area contributed by atoms with Crippen molar-refractivity contribution in [3.05, 3.63) is 29.6 Å².